The maximum atomic E-state index is 5.72. The Labute approximate surface area is 119 Å². The van der Waals surface area contributed by atoms with Gasteiger partial charge in [0.15, 0.2) is 0 Å². The fourth-order valence-electron chi connectivity index (χ4n) is 1.96. The van der Waals surface area contributed by atoms with Crippen molar-refractivity contribution in [2.45, 2.75) is 39.0 Å². The second-order valence-corrected chi connectivity index (χ2v) is 5.20. The van der Waals surface area contributed by atoms with Gasteiger partial charge in [-0.05, 0) is 43.5 Å². The lowest BCUT2D eigenvalue weighted by Crippen LogP contribution is -2.16. The Morgan fingerprint density at radius 1 is 1.25 bits per heavy atom. The highest BCUT2D eigenvalue weighted by Gasteiger charge is 2.20. The SMILES string of the molecule is Cc1cccnc1COc1ccc(CNC2CC2)nc1. The largest absolute Gasteiger partial charge is 0.486 e. The van der Waals surface area contributed by atoms with E-state index in [2.05, 4.69) is 15.3 Å². The Hall–Kier alpha value is -1.94. The number of aromatic nitrogens is 2. The lowest BCUT2D eigenvalue weighted by molar-refractivity contribution is 0.299. The average molecular weight is 269 g/mol. The van der Waals surface area contributed by atoms with E-state index < -0.39 is 0 Å². The fourth-order valence-corrected chi connectivity index (χ4v) is 1.96. The van der Waals surface area contributed by atoms with Crippen molar-refractivity contribution in [3.05, 3.63) is 53.6 Å². The van der Waals surface area contributed by atoms with Crippen molar-refractivity contribution < 1.29 is 4.74 Å². The maximum absolute atomic E-state index is 5.72. The Morgan fingerprint density at radius 2 is 2.15 bits per heavy atom. The molecule has 1 N–H and O–H groups in total. The molecule has 2 heterocycles. The zero-order valence-electron chi connectivity index (χ0n) is 11.7. The van der Waals surface area contributed by atoms with E-state index >= 15 is 0 Å². The molecule has 3 rings (SSSR count). The normalized spacial score (nSPS) is 14.2. The molecule has 1 saturated carbocycles. The van der Waals surface area contributed by atoms with Crippen LogP contribution in [0, 0.1) is 6.92 Å². The zero-order valence-corrected chi connectivity index (χ0v) is 11.7. The van der Waals surface area contributed by atoms with E-state index in [4.69, 9.17) is 4.74 Å². The van der Waals surface area contributed by atoms with Crippen molar-refractivity contribution in [1.82, 2.24) is 15.3 Å². The molecule has 1 aliphatic carbocycles. The number of hydrogen-bond donors (Lipinski definition) is 1. The Bertz CT molecular complexity index is 564. The van der Waals surface area contributed by atoms with Crippen LogP contribution in [0.2, 0.25) is 0 Å². The molecule has 1 aliphatic rings. The summed E-state index contributed by atoms with van der Waals surface area (Å²) in [6.07, 6.45) is 6.16. The fraction of sp³-hybridized carbons (Fsp3) is 0.375. The number of rotatable bonds is 6. The summed E-state index contributed by atoms with van der Waals surface area (Å²) in [7, 11) is 0. The quantitative estimate of drug-likeness (QED) is 0.875. The first-order valence-corrected chi connectivity index (χ1v) is 7.03. The van der Waals surface area contributed by atoms with E-state index in [1.54, 1.807) is 12.4 Å². The molecule has 0 unspecified atom stereocenters. The number of pyridine rings is 2. The molecule has 104 valence electrons. The van der Waals surface area contributed by atoms with Gasteiger partial charge in [-0.1, -0.05) is 6.07 Å². The molecule has 0 spiro atoms. The van der Waals surface area contributed by atoms with Crippen LogP contribution in [0.5, 0.6) is 5.75 Å². The molecule has 0 aliphatic heterocycles. The predicted octanol–water partition coefficient (Wildman–Crippen LogP) is 2.62. The van der Waals surface area contributed by atoms with Gasteiger partial charge in [-0.2, -0.15) is 0 Å². The predicted molar refractivity (Wildman–Crippen MR) is 77.4 cm³/mol. The summed E-state index contributed by atoms with van der Waals surface area (Å²) < 4.78 is 5.72. The van der Waals surface area contributed by atoms with Gasteiger partial charge in [0.2, 0.25) is 0 Å². The molecule has 4 heteroatoms. The highest BCUT2D eigenvalue weighted by Crippen LogP contribution is 2.19. The van der Waals surface area contributed by atoms with Gasteiger partial charge < -0.3 is 10.1 Å². The summed E-state index contributed by atoms with van der Waals surface area (Å²) in [5, 5.41) is 3.44. The minimum absolute atomic E-state index is 0.480. The molecule has 0 bridgehead atoms. The van der Waals surface area contributed by atoms with Crippen LogP contribution >= 0.6 is 0 Å². The topological polar surface area (TPSA) is 47.0 Å². The number of hydrogen-bond acceptors (Lipinski definition) is 4. The lowest BCUT2D eigenvalue weighted by atomic mass is 10.2. The van der Waals surface area contributed by atoms with Crippen molar-refractivity contribution in [2.24, 2.45) is 0 Å². The molecule has 0 amide bonds. The van der Waals surface area contributed by atoms with Gasteiger partial charge in [0.1, 0.15) is 12.4 Å². The van der Waals surface area contributed by atoms with Gasteiger partial charge >= 0.3 is 0 Å². The maximum Gasteiger partial charge on any atom is 0.138 e. The van der Waals surface area contributed by atoms with Gasteiger partial charge in [0.05, 0.1) is 17.6 Å². The summed E-state index contributed by atoms with van der Waals surface area (Å²) in [6, 6.07) is 8.66. The van der Waals surface area contributed by atoms with Gasteiger partial charge in [-0.15, -0.1) is 0 Å². The molecule has 1 fully saturated rings. The third kappa shape index (κ3) is 3.54. The second kappa shape index (κ2) is 6.01. The van der Waals surface area contributed by atoms with Crippen molar-refractivity contribution in [3.8, 4) is 5.75 Å². The van der Waals surface area contributed by atoms with Crippen LogP contribution in [0.1, 0.15) is 29.8 Å². The molecule has 0 saturated heterocycles. The first kappa shape index (κ1) is 13.1. The molecule has 2 aromatic heterocycles. The zero-order chi connectivity index (χ0) is 13.8. The third-order valence-corrected chi connectivity index (χ3v) is 3.44. The van der Waals surface area contributed by atoms with Gasteiger partial charge in [0.25, 0.3) is 0 Å². The van der Waals surface area contributed by atoms with E-state index in [1.165, 1.54) is 12.8 Å². The average Bonchev–Trinajstić information content (AvgIpc) is 3.30. The first-order valence-electron chi connectivity index (χ1n) is 7.03. The standard InChI is InChI=1S/C16H19N3O/c1-12-3-2-8-17-16(12)11-20-15-7-6-14(19-10-15)9-18-13-4-5-13/h2-3,6-8,10,13,18H,4-5,9,11H2,1H3. The van der Waals surface area contributed by atoms with Crippen molar-refractivity contribution in [2.75, 3.05) is 0 Å². The molecular formula is C16H19N3O. The van der Waals surface area contributed by atoms with Crippen LogP contribution < -0.4 is 10.1 Å². The summed E-state index contributed by atoms with van der Waals surface area (Å²) in [5.41, 5.74) is 3.16. The second-order valence-electron chi connectivity index (χ2n) is 5.20. The molecule has 0 atom stereocenters. The number of nitrogens with one attached hydrogen (secondary N) is 1. The van der Waals surface area contributed by atoms with E-state index in [0.717, 1.165) is 29.2 Å². The highest BCUT2D eigenvalue weighted by molar-refractivity contribution is 5.22. The number of ether oxygens (including phenoxy) is 1. The molecule has 0 aromatic carbocycles. The van der Waals surface area contributed by atoms with Crippen molar-refractivity contribution in [3.63, 3.8) is 0 Å². The summed E-state index contributed by atoms with van der Waals surface area (Å²) in [4.78, 5) is 8.72. The minimum atomic E-state index is 0.480. The van der Waals surface area contributed by atoms with Crippen molar-refractivity contribution >= 4 is 0 Å². The van der Waals surface area contributed by atoms with Crippen LogP contribution in [-0.2, 0) is 13.2 Å². The molecule has 4 nitrogen and oxygen atoms in total. The Kier molecular flexibility index (Phi) is 3.92. The summed E-state index contributed by atoms with van der Waals surface area (Å²) in [5.74, 6) is 0.783. The lowest BCUT2D eigenvalue weighted by Gasteiger charge is -2.08. The minimum Gasteiger partial charge on any atom is -0.486 e. The molecular weight excluding hydrogens is 250 g/mol. The van der Waals surface area contributed by atoms with Crippen LogP contribution in [0.4, 0.5) is 0 Å². The van der Waals surface area contributed by atoms with Crippen LogP contribution in [0.15, 0.2) is 36.7 Å². The van der Waals surface area contributed by atoms with Gasteiger partial charge in [0, 0.05) is 18.8 Å². The Balaban J connectivity index is 1.53. The van der Waals surface area contributed by atoms with Crippen molar-refractivity contribution in [1.29, 1.82) is 0 Å². The summed E-state index contributed by atoms with van der Waals surface area (Å²) >= 11 is 0. The third-order valence-electron chi connectivity index (χ3n) is 3.44. The number of aryl methyl sites for hydroxylation is 1. The summed E-state index contributed by atoms with van der Waals surface area (Å²) in [6.45, 7) is 3.36. The molecule has 20 heavy (non-hydrogen) atoms. The first-order chi connectivity index (χ1) is 9.81. The molecule has 2 aromatic rings. The van der Waals surface area contributed by atoms with Gasteiger partial charge in [-0.25, -0.2) is 0 Å². The van der Waals surface area contributed by atoms with E-state index in [0.29, 0.717) is 12.6 Å². The monoisotopic (exact) mass is 269 g/mol. The highest BCUT2D eigenvalue weighted by atomic mass is 16.5. The number of nitrogens with zero attached hydrogens (tertiary/aromatic N) is 2. The molecule has 0 radical (unpaired) electrons. The van der Waals surface area contributed by atoms with Crippen LogP contribution in [0.25, 0.3) is 0 Å². The van der Waals surface area contributed by atoms with Gasteiger partial charge in [-0.3, -0.25) is 9.97 Å². The van der Waals surface area contributed by atoms with E-state index in [-0.39, 0.29) is 0 Å². The smallest absolute Gasteiger partial charge is 0.138 e. The van der Waals surface area contributed by atoms with E-state index in [9.17, 15) is 0 Å². The Morgan fingerprint density at radius 3 is 2.85 bits per heavy atom. The van der Waals surface area contributed by atoms with Crippen LogP contribution in [-0.4, -0.2) is 16.0 Å². The van der Waals surface area contributed by atoms with Crippen LogP contribution in [0.3, 0.4) is 0 Å². The van der Waals surface area contributed by atoms with E-state index in [1.807, 2.05) is 31.2 Å².